The smallest absolute Gasteiger partial charge is 0.0288 e. The van der Waals surface area contributed by atoms with Crippen molar-refractivity contribution in [3.63, 3.8) is 0 Å². The van der Waals surface area contributed by atoms with Crippen molar-refractivity contribution < 1.29 is 0 Å². The Morgan fingerprint density at radius 3 is 2.17 bits per heavy atom. The van der Waals surface area contributed by atoms with Gasteiger partial charge in [0.1, 0.15) is 0 Å². The van der Waals surface area contributed by atoms with E-state index in [-0.39, 0.29) is 0 Å². The highest BCUT2D eigenvalue weighted by Gasteiger charge is 1.91. The highest BCUT2D eigenvalue weighted by Crippen LogP contribution is 2.09. The summed E-state index contributed by atoms with van der Waals surface area (Å²) in [6.45, 7) is 11.0. The van der Waals surface area contributed by atoms with Crippen LogP contribution < -0.4 is 0 Å². The van der Waals surface area contributed by atoms with Gasteiger partial charge in [0, 0.05) is 0 Å². The minimum absolute atomic E-state index is 0.691. The van der Waals surface area contributed by atoms with E-state index in [4.69, 9.17) is 0 Å². The molecule has 70 valence electrons. The number of allylic oxidation sites excluding steroid dienone is 4. The van der Waals surface area contributed by atoms with E-state index < -0.39 is 0 Å². The highest BCUT2D eigenvalue weighted by atomic mass is 14.0. The van der Waals surface area contributed by atoms with Gasteiger partial charge >= 0.3 is 0 Å². The minimum atomic E-state index is 0.691. The molecule has 0 aromatic heterocycles. The van der Waals surface area contributed by atoms with Gasteiger partial charge in [-0.1, -0.05) is 37.1 Å². The first-order valence-corrected chi connectivity index (χ1v) is 4.83. The quantitative estimate of drug-likeness (QED) is 0.545. The van der Waals surface area contributed by atoms with Crippen molar-refractivity contribution in [2.24, 2.45) is 5.92 Å². The summed E-state index contributed by atoms with van der Waals surface area (Å²) in [5.74, 6) is 0.691. The van der Waals surface area contributed by atoms with E-state index in [0.29, 0.717) is 5.92 Å². The Bertz CT molecular complexity index is 166. The van der Waals surface area contributed by atoms with Crippen LogP contribution in [0.5, 0.6) is 0 Å². The summed E-state index contributed by atoms with van der Waals surface area (Å²) in [6.07, 6.45) is 7.05. The second-order valence-electron chi connectivity index (χ2n) is 4.08. The molecule has 0 nitrogen and oxygen atoms in total. The van der Waals surface area contributed by atoms with Crippen LogP contribution in [0.15, 0.2) is 23.3 Å². The predicted molar refractivity (Wildman–Crippen MR) is 57.3 cm³/mol. The van der Waals surface area contributed by atoms with Crippen molar-refractivity contribution in [1.82, 2.24) is 0 Å². The van der Waals surface area contributed by atoms with Crippen LogP contribution in [0.2, 0.25) is 0 Å². The fourth-order valence-electron chi connectivity index (χ4n) is 1.24. The Morgan fingerprint density at radius 2 is 1.75 bits per heavy atom. The zero-order chi connectivity index (χ0) is 9.56. The van der Waals surface area contributed by atoms with Gasteiger partial charge in [0.15, 0.2) is 0 Å². The molecule has 12 heavy (non-hydrogen) atoms. The fraction of sp³-hybridized carbons (Fsp3) is 0.667. The zero-order valence-corrected chi connectivity index (χ0v) is 9.15. The molecule has 0 aromatic rings. The van der Waals surface area contributed by atoms with Crippen LogP contribution in [-0.4, -0.2) is 0 Å². The SMILES string of the molecule is CC(C)=CCCC(C)=CC(C)C. The molecule has 0 saturated heterocycles. The van der Waals surface area contributed by atoms with Crippen LogP contribution in [-0.2, 0) is 0 Å². The predicted octanol–water partition coefficient (Wildman–Crippen LogP) is 4.34. The van der Waals surface area contributed by atoms with E-state index in [1.165, 1.54) is 24.0 Å². The summed E-state index contributed by atoms with van der Waals surface area (Å²) in [6, 6.07) is 0. The topological polar surface area (TPSA) is 0 Å². The molecule has 0 atom stereocenters. The molecule has 0 rings (SSSR count). The Balaban J connectivity index is 3.71. The normalized spacial score (nSPS) is 12.0. The molecule has 0 unspecified atom stereocenters. The van der Waals surface area contributed by atoms with E-state index >= 15 is 0 Å². The number of rotatable bonds is 4. The highest BCUT2D eigenvalue weighted by molar-refractivity contribution is 5.02. The van der Waals surface area contributed by atoms with Gasteiger partial charge in [-0.3, -0.25) is 0 Å². The van der Waals surface area contributed by atoms with Gasteiger partial charge in [-0.05, 0) is 39.5 Å². The number of hydrogen-bond acceptors (Lipinski definition) is 0. The molecular formula is C12H22. The lowest BCUT2D eigenvalue weighted by Crippen LogP contribution is -1.83. The third kappa shape index (κ3) is 7.59. The Labute approximate surface area is 77.4 Å². The zero-order valence-electron chi connectivity index (χ0n) is 9.15. The third-order valence-corrected chi connectivity index (χ3v) is 1.71. The summed E-state index contributed by atoms with van der Waals surface area (Å²) < 4.78 is 0. The Morgan fingerprint density at radius 1 is 1.17 bits per heavy atom. The first-order chi connectivity index (χ1) is 5.52. The van der Waals surface area contributed by atoms with Crippen molar-refractivity contribution in [2.75, 3.05) is 0 Å². The molecular weight excluding hydrogens is 144 g/mol. The van der Waals surface area contributed by atoms with E-state index in [1.54, 1.807) is 0 Å². The summed E-state index contributed by atoms with van der Waals surface area (Å²) in [4.78, 5) is 0. The molecule has 0 heterocycles. The lowest BCUT2D eigenvalue weighted by molar-refractivity contribution is 0.806. The van der Waals surface area contributed by atoms with Crippen LogP contribution in [0.1, 0.15) is 47.5 Å². The van der Waals surface area contributed by atoms with Crippen molar-refractivity contribution in [2.45, 2.75) is 47.5 Å². The lowest BCUT2D eigenvalue weighted by atomic mass is 10.1. The van der Waals surface area contributed by atoms with Gasteiger partial charge in [0.25, 0.3) is 0 Å². The van der Waals surface area contributed by atoms with Gasteiger partial charge in [-0.15, -0.1) is 0 Å². The molecule has 0 aliphatic rings. The molecule has 0 aliphatic carbocycles. The molecule has 0 aromatic carbocycles. The van der Waals surface area contributed by atoms with Crippen LogP contribution in [0.25, 0.3) is 0 Å². The largest absolute Gasteiger partial charge is 0.0856 e. The van der Waals surface area contributed by atoms with Crippen molar-refractivity contribution in [3.8, 4) is 0 Å². The van der Waals surface area contributed by atoms with Crippen molar-refractivity contribution in [3.05, 3.63) is 23.3 Å². The molecule has 0 aliphatic heterocycles. The molecule has 0 saturated carbocycles. The monoisotopic (exact) mass is 166 g/mol. The minimum Gasteiger partial charge on any atom is -0.0856 e. The first kappa shape index (κ1) is 11.5. The maximum atomic E-state index is 2.35. The van der Waals surface area contributed by atoms with Crippen LogP contribution in [0, 0.1) is 5.92 Å². The molecule has 0 N–H and O–H groups in total. The van der Waals surface area contributed by atoms with Crippen molar-refractivity contribution in [1.29, 1.82) is 0 Å². The Kier molecular flexibility index (Phi) is 5.79. The van der Waals surface area contributed by atoms with E-state index in [9.17, 15) is 0 Å². The molecule has 0 amide bonds. The molecule has 0 radical (unpaired) electrons. The average molecular weight is 166 g/mol. The number of hydrogen-bond donors (Lipinski definition) is 0. The van der Waals surface area contributed by atoms with Crippen molar-refractivity contribution >= 4 is 0 Å². The van der Waals surface area contributed by atoms with E-state index in [1.807, 2.05) is 0 Å². The molecule has 0 bridgehead atoms. The molecule has 0 heteroatoms. The van der Waals surface area contributed by atoms with Gasteiger partial charge < -0.3 is 0 Å². The van der Waals surface area contributed by atoms with Crippen LogP contribution in [0.3, 0.4) is 0 Å². The summed E-state index contributed by atoms with van der Waals surface area (Å²) in [5, 5.41) is 0. The van der Waals surface area contributed by atoms with Crippen LogP contribution >= 0.6 is 0 Å². The second kappa shape index (κ2) is 6.05. The van der Waals surface area contributed by atoms with E-state index in [2.05, 4.69) is 46.8 Å². The third-order valence-electron chi connectivity index (χ3n) is 1.71. The maximum absolute atomic E-state index is 2.35. The van der Waals surface area contributed by atoms with Gasteiger partial charge in [0.05, 0.1) is 0 Å². The molecule has 0 fully saturated rings. The Hall–Kier alpha value is -0.520. The fourth-order valence-corrected chi connectivity index (χ4v) is 1.24. The first-order valence-electron chi connectivity index (χ1n) is 4.83. The average Bonchev–Trinajstić information content (AvgIpc) is 1.84. The summed E-state index contributed by atoms with van der Waals surface area (Å²) in [5.41, 5.74) is 2.94. The summed E-state index contributed by atoms with van der Waals surface area (Å²) in [7, 11) is 0. The van der Waals surface area contributed by atoms with Crippen LogP contribution in [0.4, 0.5) is 0 Å². The summed E-state index contributed by atoms with van der Waals surface area (Å²) >= 11 is 0. The molecule has 0 spiro atoms. The standard InChI is InChI=1S/C12H22/c1-10(2)7-6-8-12(5)9-11(3)4/h7,9,11H,6,8H2,1-5H3. The van der Waals surface area contributed by atoms with Gasteiger partial charge in [-0.25, -0.2) is 0 Å². The van der Waals surface area contributed by atoms with E-state index in [0.717, 1.165) is 0 Å². The van der Waals surface area contributed by atoms with Gasteiger partial charge in [0.2, 0.25) is 0 Å². The maximum Gasteiger partial charge on any atom is -0.0288 e. The second-order valence-corrected chi connectivity index (χ2v) is 4.08. The lowest BCUT2D eigenvalue weighted by Gasteiger charge is -2.01. The van der Waals surface area contributed by atoms with Gasteiger partial charge in [-0.2, -0.15) is 0 Å².